The number of nitrogens with zero attached hydrogens (tertiary/aromatic N) is 1. The van der Waals surface area contributed by atoms with Crippen molar-refractivity contribution in [3.63, 3.8) is 0 Å². The third-order valence-corrected chi connectivity index (χ3v) is 3.18. The summed E-state index contributed by atoms with van der Waals surface area (Å²) in [5.41, 5.74) is 0. The van der Waals surface area contributed by atoms with E-state index in [1.165, 1.54) is 32.1 Å². The van der Waals surface area contributed by atoms with Gasteiger partial charge in [-0.1, -0.05) is 19.8 Å². The second kappa shape index (κ2) is 6.03. The lowest BCUT2D eigenvalue weighted by Crippen LogP contribution is -2.35. The largest absolute Gasteiger partial charge is 0.310 e. The van der Waals surface area contributed by atoms with Crippen LogP contribution in [0.25, 0.3) is 0 Å². The lowest BCUT2D eigenvalue weighted by molar-refractivity contribution is 0.404. The molecular formula is C12H22N2. The van der Waals surface area contributed by atoms with Gasteiger partial charge in [-0.2, -0.15) is 5.26 Å². The summed E-state index contributed by atoms with van der Waals surface area (Å²) in [5.74, 6) is 0.896. The van der Waals surface area contributed by atoms with Crippen molar-refractivity contribution in [3.05, 3.63) is 0 Å². The standard InChI is InChI=1S/C12H22N2/c1-10-4-3-5-12(7-6-10)14-11(2)8-9-13/h10-12,14H,3-8H2,1-2H3. The molecule has 2 nitrogen and oxygen atoms in total. The molecule has 2 heteroatoms. The minimum Gasteiger partial charge on any atom is -0.310 e. The fraction of sp³-hybridized carbons (Fsp3) is 0.917. The molecule has 0 spiro atoms. The van der Waals surface area contributed by atoms with Crippen LogP contribution in [0.5, 0.6) is 0 Å². The quantitative estimate of drug-likeness (QED) is 0.701. The highest BCUT2D eigenvalue weighted by Gasteiger charge is 2.17. The zero-order chi connectivity index (χ0) is 10.4. The average molecular weight is 194 g/mol. The molecule has 0 aliphatic heterocycles. The van der Waals surface area contributed by atoms with Crippen LogP contribution in [0.1, 0.15) is 52.4 Å². The van der Waals surface area contributed by atoms with Gasteiger partial charge in [0, 0.05) is 12.1 Å². The van der Waals surface area contributed by atoms with E-state index in [9.17, 15) is 0 Å². The molecule has 1 saturated carbocycles. The van der Waals surface area contributed by atoms with Crippen molar-refractivity contribution in [2.45, 2.75) is 64.5 Å². The number of nitriles is 1. The molecule has 1 fully saturated rings. The average Bonchev–Trinajstić information content (AvgIpc) is 2.32. The lowest BCUT2D eigenvalue weighted by Gasteiger charge is -2.20. The Labute approximate surface area is 87.7 Å². The van der Waals surface area contributed by atoms with Crippen LogP contribution < -0.4 is 5.32 Å². The predicted molar refractivity (Wildman–Crippen MR) is 58.9 cm³/mol. The van der Waals surface area contributed by atoms with Gasteiger partial charge in [0.05, 0.1) is 12.5 Å². The second-order valence-corrected chi connectivity index (χ2v) is 4.74. The van der Waals surface area contributed by atoms with Crippen LogP contribution in [0.3, 0.4) is 0 Å². The van der Waals surface area contributed by atoms with E-state index in [0.29, 0.717) is 18.5 Å². The summed E-state index contributed by atoms with van der Waals surface area (Å²) in [7, 11) is 0. The lowest BCUT2D eigenvalue weighted by atomic mass is 10.0. The van der Waals surface area contributed by atoms with Gasteiger partial charge in [-0.15, -0.1) is 0 Å². The Morgan fingerprint density at radius 3 is 2.86 bits per heavy atom. The predicted octanol–water partition coefficient (Wildman–Crippen LogP) is 2.85. The van der Waals surface area contributed by atoms with E-state index in [2.05, 4.69) is 25.2 Å². The van der Waals surface area contributed by atoms with Gasteiger partial charge in [0.2, 0.25) is 0 Å². The van der Waals surface area contributed by atoms with Gasteiger partial charge in [0.15, 0.2) is 0 Å². The number of nitrogens with one attached hydrogen (secondary N) is 1. The highest BCUT2D eigenvalue weighted by atomic mass is 14.9. The molecule has 1 N–H and O–H groups in total. The summed E-state index contributed by atoms with van der Waals surface area (Å²) in [5, 5.41) is 12.1. The maximum atomic E-state index is 8.57. The topological polar surface area (TPSA) is 35.8 Å². The molecule has 0 aromatic rings. The SMILES string of the molecule is CC1CCCC(NC(C)CC#N)CC1. The Balaban J connectivity index is 2.27. The molecule has 0 radical (unpaired) electrons. The molecule has 0 amide bonds. The summed E-state index contributed by atoms with van der Waals surface area (Å²) < 4.78 is 0. The normalized spacial score (nSPS) is 30.4. The van der Waals surface area contributed by atoms with Gasteiger partial charge in [-0.3, -0.25) is 0 Å². The van der Waals surface area contributed by atoms with E-state index in [4.69, 9.17) is 5.26 Å². The third kappa shape index (κ3) is 4.11. The van der Waals surface area contributed by atoms with E-state index < -0.39 is 0 Å². The minimum atomic E-state index is 0.360. The zero-order valence-corrected chi connectivity index (χ0v) is 9.42. The Morgan fingerprint density at radius 2 is 2.14 bits per heavy atom. The van der Waals surface area contributed by atoms with Crippen LogP contribution >= 0.6 is 0 Å². The van der Waals surface area contributed by atoms with Gasteiger partial charge >= 0.3 is 0 Å². The molecule has 3 atom stereocenters. The van der Waals surface area contributed by atoms with Crippen LogP contribution in [0.4, 0.5) is 0 Å². The zero-order valence-electron chi connectivity index (χ0n) is 9.42. The highest BCUT2D eigenvalue weighted by Crippen LogP contribution is 2.22. The van der Waals surface area contributed by atoms with E-state index >= 15 is 0 Å². The summed E-state index contributed by atoms with van der Waals surface area (Å²) in [4.78, 5) is 0. The molecule has 1 aliphatic carbocycles. The molecule has 80 valence electrons. The Hall–Kier alpha value is -0.550. The van der Waals surface area contributed by atoms with E-state index in [1.54, 1.807) is 0 Å². The van der Waals surface area contributed by atoms with Crippen molar-refractivity contribution < 1.29 is 0 Å². The molecular weight excluding hydrogens is 172 g/mol. The fourth-order valence-electron chi connectivity index (χ4n) is 2.25. The van der Waals surface area contributed by atoms with Crippen LogP contribution in [0, 0.1) is 17.2 Å². The van der Waals surface area contributed by atoms with Crippen LogP contribution in [0.2, 0.25) is 0 Å². The van der Waals surface area contributed by atoms with Crippen molar-refractivity contribution in [2.75, 3.05) is 0 Å². The van der Waals surface area contributed by atoms with Crippen molar-refractivity contribution in [3.8, 4) is 6.07 Å². The summed E-state index contributed by atoms with van der Waals surface area (Å²) in [6.45, 7) is 4.46. The van der Waals surface area contributed by atoms with Crippen LogP contribution in [0.15, 0.2) is 0 Å². The van der Waals surface area contributed by atoms with E-state index in [-0.39, 0.29) is 0 Å². The summed E-state index contributed by atoms with van der Waals surface area (Å²) in [6.07, 6.45) is 7.28. The number of rotatable bonds is 3. The molecule has 0 aromatic carbocycles. The Bertz CT molecular complexity index is 195. The third-order valence-electron chi connectivity index (χ3n) is 3.18. The monoisotopic (exact) mass is 194 g/mol. The Kier molecular flexibility index (Phi) is 4.97. The molecule has 0 bridgehead atoms. The maximum absolute atomic E-state index is 8.57. The van der Waals surface area contributed by atoms with E-state index in [0.717, 1.165) is 5.92 Å². The van der Waals surface area contributed by atoms with Crippen molar-refractivity contribution in [1.82, 2.24) is 5.32 Å². The molecule has 0 aromatic heterocycles. The summed E-state index contributed by atoms with van der Waals surface area (Å²) >= 11 is 0. The van der Waals surface area contributed by atoms with Gasteiger partial charge in [0.25, 0.3) is 0 Å². The Morgan fingerprint density at radius 1 is 1.36 bits per heavy atom. The smallest absolute Gasteiger partial charge is 0.0638 e. The van der Waals surface area contributed by atoms with Crippen molar-refractivity contribution in [1.29, 1.82) is 5.26 Å². The molecule has 3 unspecified atom stereocenters. The van der Waals surface area contributed by atoms with Gasteiger partial charge < -0.3 is 5.32 Å². The van der Waals surface area contributed by atoms with Crippen LogP contribution in [-0.4, -0.2) is 12.1 Å². The van der Waals surface area contributed by atoms with Crippen molar-refractivity contribution in [2.24, 2.45) is 5.92 Å². The first-order valence-corrected chi connectivity index (χ1v) is 5.85. The van der Waals surface area contributed by atoms with Crippen molar-refractivity contribution >= 4 is 0 Å². The van der Waals surface area contributed by atoms with Crippen LogP contribution in [-0.2, 0) is 0 Å². The first-order valence-electron chi connectivity index (χ1n) is 5.85. The number of hydrogen-bond acceptors (Lipinski definition) is 2. The minimum absolute atomic E-state index is 0.360. The highest BCUT2D eigenvalue weighted by molar-refractivity contribution is 4.82. The van der Waals surface area contributed by atoms with Gasteiger partial charge in [-0.25, -0.2) is 0 Å². The fourth-order valence-corrected chi connectivity index (χ4v) is 2.25. The first kappa shape index (κ1) is 11.5. The second-order valence-electron chi connectivity index (χ2n) is 4.74. The molecule has 0 saturated heterocycles. The molecule has 14 heavy (non-hydrogen) atoms. The molecule has 0 heterocycles. The molecule has 1 rings (SSSR count). The summed E-state index contributed by atoms with van der Waals surface area (Å²) in [6, 6.07) is 3.23. The maximum Gasteiger partial charge on any atom is 0.0638 e. The van der Waals surface area contributed by atoms with Gasteiger partial charge in [0.1, 0.15) is 0 Å². The number of hydrogen-bond donors (Lipinski definition) is 1. The van der Waals surface area contributed by atoms with E-state index in [1.807, 2.05) is 0 Å². The van der Waals surface area contributed by atoms with Gasteiger partial charge in [-0.05, 0) is 32.1 Å². The molecule has 1 aliphatic rings. The first-order chi connectivity index (χ1) is 6.72.